The Kier molecular flexibility index (Phi) is 6.12. The predicted octanol–water partition coefficient (Wildman–Crippen LogP) is 2.22. The number of nitrogens with one attached hydrogen (secondary N) is 1. The first kappa shape index (κ1) is 17.7. The summed E-state index contributed by atoms with van der Waals surface area (Å²) < 4.78 is 7.13. The number of carbonyl (C=O) groups excluding carboxylic acids is 2. The van der Waals surface area contributed by atoms with Crippen molar-refractivity contribution < 1.29 is 14.3 Å². The van der Waals surface area contributed by atoms with Gasteiger partial charge in [-0.05, 0) is 38.5 Å². The van der Waals surface area contributed by atoms with Crippen molar-refractivity contribution in [2.45, 2.75) is 39.3 Å². The molecule has 1 N–H and O–H groups in total. The Morgan fingerprint density at radius 1 is 1.38 bits per heavy atom. The second-order valence-electron chi connectivity index (χ2n) is 5.74. The number of hydrogen-bond donors (Lipinski definition) is 1. The first-order valence-electron chi connectivity index (χ1n) is 8.05. The van der Waals surface area contributed by atoms with Crippen molar-refractivity contribution in [3.63, 3.8) is 0 Å². The molecule has 1 aromatic carbocycles. The standard InChI is InChI=1S/C18H23N3O3/c1-4-17(22)19-11-7-10-16-20-14-8-5-6-9-15(14)21(16)12-18(23)24-13(2)3/h4-6,8-9,13H,1,7,10-12H2,2-3H3,(H,19,22). The summed E-state index contributed by atoms with van der Waals surface area (Å²) in [5.74, 6) is 0.336. The van der Waals surface area contributed by atoms with Gasteiger partial charge in [0.15, 0.2) is 0 Å². The maximum Gasteiger partial charge on any atom is 0.326 e. The molecule has 0 saturated heterocycles. The summed E-state index contributed by atoms with van der Waals surface area (Å²) in [5, 5.41) is 2.74. The second kappa shape index (κ2) is 8.29. The van der Waals surface area contributed by atoms with E-state index >= 15 is 0 Å². The number of aromatic nitrogens is 2. The van der Waals surface area contributed by atoms with E-state index in [1.807, 2.05) is 42.7 Å². The first-order valence-corrected chi connectivity index (χ1v) is 8.05. The molecule has 0 atom stereocenters. The van der Waals surface area contributed by atoms with Crippen LogP contribution < -0.4 is 5.32 Å². The maximum atomic E-state index is 12.0. The second-order valence-corrected chi connectivity index (χ2v) is 5.74. The fourth-order valence-corrected chi connectivity index (χ4v) is 2.45. The summed E-state index contributed by atoms with van der Waals surface area (Å²) in [4.78, 5) is 27.8. The molecule has 6 nitrogen and oxygen atoms in total. The zero-order valence-corrected chi connectivity index (χ0v) is 14.1. The van der Waals surface area contributed by atoms with Crippen molar-refractivity contribution in [2.24, 2.45) is 0 Å². The molecule has 24 heavy (non-hydrogen) atoms. The fourth-order valence-electron chi connectivity index (χ4n) is 2.45. The van der Waals surface area contributed by atoms with Gasteiger partial charge in [0.05, 0.1) is 17.1 Å². The van der Waals surface area contributed by atoms with Crippen LogP contribution in [0.4, 0.5) is 0 Å². The highest BCUT2D eigenvalue weighted by Crippen LogP contribution is 2.17. The fraction of sp³-hybridized carbons (Fsp3) is 0.389. The van der Waals surface area contributed by atoms with Crippen LogP contribution in [0.15, 0.2) is 36.9 Å². The Morgan fingerprint density at radius 3 is 2.83 bits per heavy atom. The topological polar surface area (TPSA) is 73.2 Å². The largest absolute Gasteiger partial charge is 0.462 e. The van der Waals surface area contributed by atoms with Crippen molar-refractivity contribution in [3.8, 4) is 0 Å². The Bertz CT molecular complexity index is 734. The minimum absolute atomic E-state index is 0.132. The molecule has 0 unspecified atom stereocenters. The lowest BCUT2D eigenvalue weighted by atomic mass is 10.3. The Hall–Kier alpha value is -2.63. The van der Waals surface area contributed by atoms with E-state index in [1.54, 1.807) is 0 Å². The third-order valence-electron chi connectivity index (χ3n) is 3.45. The number of rotatable bonds is 8. The Labute approximate surface area is 141 Å². The molecule has 2 rings (SSSR count). The van der Waals surface area contributed by atoms with E-state index in [0.717, 1.165) is 23.3 Å². The number of imidazole rings is 1. The van der Waals surface area contributed by atoms with Gasteiger partial charge in [0, 0.05) is 13.0 Å². The van der Waals surface area contributed by atoms with E-state index < -0.39 is 0 Å². The van der Waals surface area contributed by atoms with Gasteiger partial charge in [0.25, 0.3) is 0 Å². The van der Waals surface area contributed by atoms with E-state index in [4.69, 9.17) is 4.74 Å². The van der Waals surface area contributed by atoms with E-state index in [-0.39, 0.29) is 24.5 Å². The van der Waals surface area contributed by atoms with Crippen LogP contribution in [0, 0.1) is 0 Å². The zero-order chi connectivity index (χ0) is 17.5. The van der Waals surface area contributed by atoms with Gasteiger partial charge in [0.2, 0.25) is 5.91 Å². The number of aryl methyl sites for hydroxylation is 1. The molecule has 1 heterocycles. The van der Waals surface area contributed by atoms with Crippen molar-refractivity contribution in [2.75, 3.05) is 6.54 Å². The molecule has 0 aliphatic rings. The molecule has 1 amide bonds. The monoisotopic (exact) mass is 329 g/mol. The summed E-state index contributed by atoms with van der Waals surface area (Å²) in [6, 6.07) is 7.69. The van der Waals surface area contributed by atoms with Crippen LogP contribution in [0.5, 0.6) is 0 Å². The van der Waals surface area contributed by atoms with Crippen molar-refractivity contribution in [1.29, 1.82) is 0 Å². The van der Waals surface area contributed by atoms with E-state index in [1.165, 1.54) is 6.08 Å². The molecule has 0 spiro atoms. The molecule has 0 fully saturated rings. The van der Waals surface area contributed by atoms with Crippen LogP contribution >= 0.6 is 0 Å². The highest BCUT2D eigenvalue weighted by atomic mass is 16.5. The average molecular weight is 329 g/mol. The summed E-state index contributed by atoms with van der Waals surface area (Å²) in [7, 11) is 0. The van der Waals surface area contributed by atoms with Gasteiger partial charge < -0.3 is 14.6 Å². The molecule has 128 valence electrons. The molecule has 2 aromatic rings. The Morgan fingerprint density at radius 2 is 2.12 bits per heavy atom. The van der Waals surface area contributed by atoms with Gasteiger partial charge in [-0.3, -0.25) is 9.59 Å². The number of carbonyl (C=O) groups is 2. The molecule has 6 heteroatoms. The quantitative estimate of drug-likeness (QED) is 0.458. The molecule has 0 saturated carbocycles. The number of benzene rings is 1. The van der Waals surface area contributed by atoms with Gasteiger partial charge in [-0.2, -0.15) is 0 Å². The number of hydrogen-bond acceptors (Lipinski definition) is 4. The van der Waals surface area contributed by atoms with E-state index in [2.05, 4.69) is 16.9 Å². The normalized spacial score (nSPS) is 10.8. The Balaban J connectivity index is 2.12. The van der Waals surface area contributed by atoms with Crippen LogP contribution in [-0.4, -0.2) is 34.1 Å². The zero-order valence-electron chi connectivity index (χ0n) is 14.1. The number of ether oxygens (including phenoxy) is 1. The number of nitrogens with zero attached hydrogens (tertiary/aromatic N) is 2. The van der Waals surface area contributed by atoms with Crippen LogP contribution in [0.1, 0.15) is 26.1 Å². The van der Waals surface area contributed by atoms with Crippen LogP contribution in [0.2, 0.25) is 0 Å². The molecule has 1 aromatic heterocycles. The average Bonchev–Trinajstić information content (AvgIpc) is 2.88. The van der Waals surface area contributed by atoms with Crippen molar-refractivity contribution >= 4 is 22.9 Å². The summed E-state index contributed by atoms with van der Waals surface area (Å²) in [6.45, 7) is 7.73. The first-order chi connectivity index (χ1) is 11.5. The highest BCUT2D eigenvalue weighted by Gasteiger charge is 2.15. The molecule has 0 aliphatic carbocycles. The van der Waals surface area contributed by atoms with Gasteiger partial charge >= 0.3 is 5.97 Å². The van der Waals surface area contributed by atoms with Gasteiger partial charge in [0.1, 0.15) is 12.4 Å². The minimum atomic E-state index is -0.283. The summed E-state index contributed by atoms with van der Waals surface area (Å²) >= 11 is 0. The third-order valence-corrected chi connectivity index (χ3v) is 3.45. The van der Waals surface area contributed by atoms with Crippen molar-refractivity contribution in [1.82, 2.24) is 14.9 Å². The summed E-state index contributed by atoms with van der Waals surface area (Å²) in [5.41, 5.74) is 1.75. The van der Waals surface area contributed by atoms with Gasteiger partial charge in [-0.15, -0.1) is 0 Å². The lowest BCUT2D eigenvalue weighted by molar-refractivity contribution is -0.148. The van der Waals surface area contributed by atoms with E-state index in [0.29, 0.717) is 13.0 Å². The SMILES string of the molecule is C=CC(=O)NCCCc1nc2ccccc2n1CC(=O)OC(C)C. The molecule has 0 aliphatic heterocycles. The van der Waals surface area contributed by atoms with Gasteiger partial charge in [-0.1, -0.05) is 18.7 Å². The smallest absolute Gasteiger partial charge is 0.326 e. The third kappa shape index (κ3) is 4.68. The molecule has 0 radical (unpaired) electrons. The van der Waals surface area contributed by atoms with Crippen LogP contribution in [0.3, 0.4) is 0 Å². The van der Waals surface area contributed by atoms with Crippen molar-refractivity contribution in [3.05, 3.63) is 42.7 Å². The molecular weight excluding hydrogens is 306 g/mol. The lowest BCUT2D eigenvalue weighted by Crippen LogP contribution is -2.23. The number of fused-ring (bicyclic) bond motifs is 1. The van der Waals surface area contributed by atoms with E-state index in [9.17, 15) is 9.59 Å². The summed E-state index contributed by atoms with van der Waals surface area (Å²) in [6.07, 6.45) is 2.48. The lowest BCUT2D eigenvalue weighted by Gasteiger charge is -2.11. The van der Waals surface area contributed by atoms with Gasteiger partial charge in [-0.25, -0.2) is 4.98 Å². The van der Waals surface area contributed by atoms with Crippen LogP contribution in [0.25, 0.3) is 11.0 Å². The molecule has 0 bridgehead atoms. The number of esters is 1. The predicted molar refractivity (Wildman–Crippen MR) is 92.5 cm³/mol. The maximum absolute atomic E-state index is 12.0. The highest BCUT2D eigenvalue weighted by molar-refractivity contribution is 5.86. The number of amides is 1. The number of para-hydroxylation sites is 2. The molecular formula is C18H23N3O3. The van der Waals surface area contributed by atoms with Crippen LogP contribution in [-0.2, 0) is 27.3 Å². The minimum Gasteiger partial charge on any atom is -0.462 e.